The molecule has 0 bridgehead atoms. The first-order chi connectivity index (χ1) is 18.4. The smallest absolute Gasteiger partial charge is 0.247 e. The van der Waals surface area contributed by atoms with E-state index < -0.39 is 0 Å². The van der Waals surface area contributed by atoms with Crippen molar-refractivity contribution in [2.75, 3.05) is 49.8 Å². The summed E-state index contributed by atoms with van der Waals surface area (Å²) in [7, 11) is 7.82. The molecule has 1 fully saturated rings. The highest BCUT2D eigenvalue weighted by molar-refractivity contribution is 6.02. The third kappa shape index (κ3) is 4.92. The molecule has 9 heteroatoms. The quantitative estimate of drug-likeness (QED) is 0.333. The van der Waals surface area contributed by atoms with Crippen LogP contribution in [0.1, 0.15) is 6.42 Å². The lowest BCUT2D eigenvalue weighted by molar-refractivity contribution is -0.111. The number of amides is 1. The molecular weight excluding hydrogens is 478 g/mol. The van der Waals surface area contributed by atoms with Crippen molar-refractivity contribution in [3.63, 3.8) is 0 Å². The molecular formula is C29H33N7O2. The number of fused-ring (bicyclic) bond motifs is 1. The van der Waals surface area contributed by atoms with Gasteiger partial charge >= 0.3 is 0 Å². The van der Waals surface area contributed by atoms with Crippen LogP contribution >= 0.6 is 0 Å². The summed E-state index contributed by atoms with van der Waals surface area (Å²) in [6, 6.07) is 14.3. The molecule has 0 saturated carbocycles. The number of methoxy groups -OCH3 is 1. The summed E-state index contributed by atoms with van der Waals surface area (Å²) in [5, 5.41) is 7.39. The molecule has 0 spiro atoms. The van der Waals surface area contributed by atoms with E-state index in [2.05, 4.69) is 61.9 Å². The number of hydrogen-bond acceptors (Lipinski definition) is 7. The zero-order valence-electron chi connectivity index (χ0n) is 22.2. The number of rotatable bonds is 8. The van der Waals surface area contributed by atoms with Crippen molar-refractivity contribution >= 4 is 39.8 Å². The van der Waals surface area contributed by atoms with Crippen LogP contribution in [0.15, 0.2) is 67.5 Å². The van der Waals surface area contributed by atoms with Crippen LogP contribution in [0, 0.1) is 0 Å². The molecule has 3 heterocycles. The number of likely N-dealkylation sites (N-methyl/N-ethyl adjacent to an activating group) is 2. The number of para-hydroxylation sites is 1. The molecule has 0 radical (unpaired) electrons. The van der Waals surface area contributed by atoms with E-state index in [0.29, 0.717) is 29.1 Å². The van der Waals surface area contributed by atoms with Gasteiger partial charge in [-0.05, 0) is 44.3 Å². The summed E-state index contributed by atoms with van der Waals surface area (Å²) in [5.74, 6) is 0.760. The number of nitrogens with zero attached hydrogens (tertiary/aromatic N) is 5. The summed E-state index contributed by atoms with van der Waals surface area (Å²) in [4.78, 5) is 26.1. The Labute approximate surface area is 222 Å². The first-order valence-electron chi connectivity index (χ1n) is 12.6. The number of likely N-dealkylation sites (tertiary alicyclic amines) is 1. The van der Waals surface area contributed by atoms with Gasteiger partial charge in [0.05, 0.1) is 29.9 Å². The Morgan fingerprint density at radius 2 is 2.03 bits per heavy atom. The van der Waals surface area contributed by atoms with Gasteiger partial charge in [-0.3, -0.25) is 4.79 Å². The number of hydrogen-bond donors (Lipinski definition) is 2. The lowest BCUT2D eigenvalue weighted by atomic mass is 10.1. The van der Waals surface area contributed by atoms with Gasteiger partial charge < -0.3 is 29.7 Å². The second-order valence-electron chi connectivity index (χ2n) is 9.64. The van der Waals surface area contributed by atoms with E-state index in [4.69, 9.17) is 9.72 Å². The maximum atomic E-state index is 12.3. The number of carbonyl (C=O) groups excluding carboxylic acids is 1. The Morgan fingerprint density at radius 3 is 2.76 bits per heavy atom. The molecule has 196 valence electrons. The molecule has 1 aliphatic rings. The maximum absolute atomic E-state index is 12.3. The van der Waals surface area contributed by atoms with Gasteiger partial charge in [-0.1, -0.05) is 24.8 Å². The first kappa shape index (κ1) is 25.3. The predicted octanol–water partition coefficient (Wildman–Crippen LogP) is 4.65. The van der Waals surface area contributed by atoms with E-state index in [9.17, 15) is 4.79 Å². The maximum Gasteiger partial charge on any atom is 0.247 e. The Morgan fingerprint density at radius 1 is 1.21 bits per heavy atom. The van der Waals surface area contributed by atoms with Gasteiger partial charge in [-0.2, -0.15) is 0 Å². The summed E-state index contributed by atoms with van der Waals surface area (Å²) < 4.78 is 7.86. The van der Waals surface area contributed by atoms with Crippen LogP contribution in [0.3, 0.4) is 0 Å². The van der Waals surface area contributed by atoms with Gasteiger partial charge in [0.15, 0.2) is 0 Å². The van der Waals surface area contributed by atoms with Gasteiger partial charge in [0.2, 0.25) is 11.9 Å². The third-order valence-corrected chi connectivity index (χ3v) is 7.13. The van der Waals surface area contributed by atoms with Gasteiger partial charge in [0.1, 0.15) is 5.75 Å². The molecule has 1 saturated heterocycles. The van der Waals surface area contributed by atoms with Crippen molar-refractivity contribution in [2.45, 2.75) is 12.5 Å². The van der Waals surface area contributed by atoms with Gasteiger partial charge in [0.25, 0.3) is 0 Å². The molecule has 1 atom stereocenters. The second kappa shape index (κ2) is 10.5. The van der Waals surface area contributed by atoms with Crippen LogP contribution in [0.2, 0.25) is 0 Å². The molecule has 2 aromatic carbocycles. The molecule has 0 unspecified atom stereocenters. The van der Waals surface area contributed by atoms with Crippen LogP contribution in [0.25, 0.3) is 22.2 Å². The van der Waals surface area contributed by atoms with Crippen molar-refractivity contribution < 1.29 is 9.53 Å². The largest absolute Gasteiger partial charge is 0.494 e. The highest BCUT2D eigenvalue weighted by atomic mass is 16.5. The van der Waals surface area contributed by atoms with Crippen molar-refractivity contribution in [3.8, 4) is 17.0 Å². The zero-order valence-corrected chi connectivity index (χ0v) is 22.2. The Kier molecular flexibility index (Phi) is 7.02. The van der Waals surface area contributed by atoms with Crippen LogP contribution in [0.4, 0.5) is 23.0 Å². The molecule has 2 aromatic heterocycles. The van der Waals surface area contributed by atoms with E-state index in [-0.39, 0.29) is 5.91 Å². The van der Waals surface area contributed by atoms with E-state index >= 15 is 0 Å². The SMILES string of the molecule is C=CC(=O)Nc1cc(Nc2nccc(-c3cn(C)c4ccccc34)n2)c(OC)cc1N(C)[C@@H]1CCN(C)C1. The Balaban J connectivity index is 1.51. The van der Waals surface area contributed by atoms with Gasteiger partial charge in [-0.15, -0.1) is 0 Å². The Bertz CT molecular complexity index is 1500. The lowest BCUT2D eigenvalue weighted by Crippen LogP contribution is -2.34. The third-order valence-electron chi connectivity index (χ3n) is 7.13. The topological polar surface area (TPSA) is 87.5 Å². The first-order valence-corrected chi connectivity index (χ1v) is 12.6. The molecule has 1 aliphatic heterocycles. The number of aromatic nitrogens is 3. The summed E-state index contributed by atoms with van der Waals surface area (Å²) in [6.45, 7) is 5.59. The fourth-order valence-corrected chi connectivity index (χ4v) is 5.07. The van der Waals surface area contributed by atoms with Gasteiger partial charge in [0, 0.05) is 61.6 Å². The van der Waals surface area contributed by atoms with E-state index in [0.717, 1.165) is 47.4 Å². The Hall–Kier alpha value is -4.37. The molecule has 9 nitrogen and oxygen atoms in total. The van der Waals surface area contributed by atoms with Crippen LogP contribution in [-0.2, 0) is 11.8 Å². The number of benzene rings is 2. The number of nitrogens with one attached hydrogen (secondary N) is 2. The van der Waals surface area contributed by atoms with Crippen molar-refractivity contribution in [3.05, 3.63) is 67.5 Å². The van der Waals surface area contributed by atoms with E-state index in [1.54, 1.807) is 13.3 Å². The fourth-order valence-electron chi connectivity index (χ4n) is 5.07. The highest BCUT2D eigenvalue weighted by Gasteiger charge is 2.26. The summed E-state index contributed by atoms with van der Waals surface area (Å²) in [5.41, 5.74) is 5.13. The molecule has 2 N–H and O–H groups in total. The molecule has 1 amide bonds. The average Bonchev–Trinajstić information content (AvgIpc) is 3.52. The van der Waals surface area contributed by atoms with Crippen LogP contribution in [-0.4, -0.2) is 65.7 Å². The monoisotopic (exact) mass is 511 g/mol. The zero-order chi connectivity index (χ0) is 26.8. The molecule has 5 rings (SSSR count). The standard InChI is InChI=1S/C29H33N7O2/c1-6-28(37)31-23-15-24(27(38-5)16-26(23)36(4)19-12-14-34(2)17-19)33-29-30-13-11-22(32-29)21-18-35(3)25-10-8-7-9-20(21)25/h6-11,13,15-16,18-19H,1,12,14,17H2,2-5H3,(H,31,37)(H,30,32,33)/t19-/m1/s1. The minimum absolute atomic E-state index is 0.284. The molecule has 0 aliphatic carbocycles. The molecule has 4 aromatic rings. The highest BCUT2D eigenvalue weighted by Crippen LogP contribution is 2.39. The number of ether oxygens (including phenoxy) is 1. The van der Waals surface area contributed by atoms with Crippen LogP contribution in [0.5, 0.6) is 5.75 Å². The van der Waals surface area contributed by atoms with Crippen molar-refractivity contribution in [1.82, 2.24) is 19.4 Å². The van der Waals surface area contributed by atoms with E-state index in [1.165, 1.54) is 6.08 Å². The fraction of sp³-hybridized carbons (Fsp3) is 0.276. The number of carbonyl (C=O) groups is 1. The van der Waals surface area contributed by atoms with Crippen molar-refractivity contribution in [2.24, 2.45) is 7.05 Å². The van der Waals surface area contributed by atoms with Crippen LogP contribution < -0.4 is 20.3 Å². The van der Waals surface area contributed by atoms with Crippen molar-refractivity contribution in [1.29, 1.82) is 0 Å². The minimum atomic E-state index is -0.284. The normalized spacial score (nSPS) is 15.4. The minimum Gasteiger partial charge on any atom is -0.494 e. The number of aryl methyl sites for hydroxylation is 1. The van der Waals surface area contributed by atoms with Gasteiger partial charge in [-0.25, -0.2) is 9.97 Å². The average molecular weight is 512 g/mol. The molecule has 38 heavy (non-hydrogen) atoms. The summed E-state index contributed by atoms with van der Waals surface area (Å²) in [6.07, 6.45) is 6.11. The summed E-state index contributed by atoms with van der Waals surface area (Å²) >= 11 is 0. The second-order valence-corrected chi connectivity index (χ2v) is 9.64. The number of anilines is 4. The predicted molar refractivity (Wildman–Crippen MR) is 153 cm³/mol. The van der Waals surface area contributed by atoms with E-state index in [1.807, 2.05) is 44.4 Å². The lowest BCUT2D eigenvalue weighted by Gasteiger charge is -2.29.